The van der Waals surface area contributed by atoms with Gasteiger partial charge in [-0.2, -0.15) is 0 Å². The number of hydrogen-bond donors (Lipinski definition) is 0. The van der Waals surface area contributed by atoms with Gasteiger partial charge in [0, 0.05) is 5.30 Å². The van der Waals surface area contributed by atoms with Gasteiger partial charge >= 0.3 is 0 Å². The molecule has 0 bridgehead atoms. The first-order chi connectivity index (χ1) is 8.16. The normalized spacial score (nSPS) is 12.8. The van der Waals surface area contributed by atoms with Crippen LogP contribution in [0.4, 0.5) is 0 Å². The molecule has 0 saturated heterocycles. The van der Waals surface area contributed by atoms with E-state index in [2.05, 4.69) is 51.4 Å². The van der Waals surface area contributed by atoms with Crippen molar-refractivity contribution in [2.24, 2.45) is 0 Å². The van der Waals surface area contributed by atoms with Crippen LogP contribution in [0.15, 0.2) is 30.3 Å². The monoisotopic (exact) mass is 298 g/mol. The van der Waals surface area contributed by atoms with Crippen LogP contribution < -0.4 is 5.30 Å². The summed E-state index contributed by atoms with van der Waals surface area (Å²) in [6.45, 7) is 13.1. The topological polar surface area (TPSA) is 18.5 Å². The summed E-state index contributed by atoms with van der Waals surface area (Å²) in [5.74, 6) is 0. The summed E-state index contributed by atoms with van der Waals surface area (Å²) in [5.41, 5.74) is 0.777. The zero-order chi connectivity index (χ0) is 13.8. The first kappa shape index (κ1) is 15.8. The maximum atomic E-state index is 6.07. The van der Waals surface area contributed by atoms with Gasteiger partial charge in [-0.05, 0) is 47.5 Å². The zero-order valence-corrected chi connectivity index (χ0v) is 15.0. The average molecular weight is 298 g/mol. The van der Waals surface area contributed by atoms with E-state index in [-0.39, 0.29) is 0 Å². The van der Waals surface area contributed by atoms with Gasteiger partial charge in [0.1, 0.15) is 0 Å². The van der Waals surface area contributed by atoms with Crippen molar-refractivity contribution in [3.05, 3.63) is 30.3 Å². The summed E-state index contributed by atoms with van der Waals surface area (Å²) in [4.78, 5) is 0. The molecular weight excluding hydrogens is 275 g/mol. The third-order valence-corrected chi connectivity index (χ3v) is 4.62. The standard InChI is InChI=1S/C13H23O2PSi2/c1-17(2,3)14-13(15-18(4,5)6)16-12-10-8-7-9-11-12/h7-11H,1-6H3. The van der Waals surface area contributed by atoms with Crippen LogP contribution in [0.25, 0.3) is 0 Å². The fourth-order valence-electron chi connectivity index (χ4n) is 1.20. The number of hydrogen-bond acceptors (Lipinski definition) is 2. The van der Waals surface area contributed by atoms with Crippen LogP contribution >= 0.6 is 8.20 Å². The molecule has 0 aliphatic heterocycles. The fraction of sp³-hybridized carbons (Fsp3) is 0.462. The minimum Gasteiger partial charge on any atom is -0.365 e. The Kier molecular flexibility index (Phi) is 5.50. The Morgan fingerprint density at radius 1 is 0.833 bits per heavy atom. The Balaban J connectivity index is 2.94. The van der Waals surface area contributed by atoms with Crippen molar-refractivity contribution in [2.75, 3.05) is 0 Å². The molecule has 1 aromatic carbocycles. The molecule has 0 atom stereocenters. The second-order valence-electron chi connectivity index (χ2n) is 6.14. The van der Waals surface area contributed by atoms with E-state index < -0.39 is 16.6 Å². The maximum absolute atomic E-state index is 6.07. The summed E-state index contributed by atoms with van der Waals surface area (Å²) < 4.78 is 12.1. The fourth-order valence-corrected chi connectivity index (χ4v) is 4.95. The smallest absolute Gasteiger partial charge is 0.194 e. The van der Waals surface area contributed by atoms with Gasteiger partial charge < -0.3 is 8.85 Å². The first-order valence-electron chi connectivity index (χ1n) is 6.17. The van der Waals surface area contributed by atoms with E-state index in [1.807, 2.05) is 18.2 Å². The van der Waals surface area contributed by atoms with Crippen molar-refractivity contribution in [3.63, 3.8) is 0 Å². The first-order valence-corrected chi connectivity index (χ1v) is 13.9. The molecule has 18 heavy (non-hydrogen) atoms. The predicted octanol–water partition coefficient (Wildman–Crippen LogP) is 4.05. The van der Waals surface area contributed by atoms with Crippen LogP contribution in [-0.2, 0) is 8.85 Å². The molecular formula is C13H23O2PSi2. The van der Waals surface area contributed by atoms with Crippen molar-refractivity contribution < 1.29 is 8.85 Å². The van der Waals surface area contributed by atoms with Gasteiger partial charge in [0.25, 0.3) is 0 Å². The summed E-state index contributed by atoms with van der Waals surface area (Å²) in [6, 6.07) is 10.3. The third-order valence-electron chi connectivity index (χ3n) is 1.76. The van der Waals surface area contributed by atoms with Crippen LogP contribution in [0.2, 0.25) is 39.3 Å². The van der Waals surface area contributed by atoms with E-state index in [4.69, 9.17) is 8.85 Å². The number of rotatable bonds is 5. The molecule has 1 rings (SSSR count). The summed E-state index contributed by atoms with van der Waals surface area (Å²) >= 11 is 0. The minimum atomic E-state index is -1.62. The molecule has 0 N–H and O–H groups in total. The molecule has 0 unspecified atom stereocenters. The molecule has 0 aliphatic carbocycles. The van der Waals surface area contributed by atoms with Crippen LogP contribution in [0.3, 0.4) is 0 Å². The summed E-state index contributed by atoms with van der Waals surface area (Å²) in [6.07, 6.45) is 0. The SMILES string of the molecule is C[Si](C)(C)OC(O[Si](C)(C)C)=Pc1ccccc1. The Bertz CT molecular complexity index is 387. The van der Waals surface area contributed by atoms with Crippen LogP contribution in [0.1, 0.15) is 0 Å². The molecule has 0 fully saturated rings. The van der Waals surface area contributed by atoms with Gasteiger partial charge in [-0.25, -0.2) is 0 Å². The maximum Gasteiger partial charge on any atom is 0.194 e. The Morgan fingerprint density at radius 3 is 1.67 bits per heavy atom. The van der Waals surface area contributed by atoms with Crippen molar-refractivity contribution in [2.45, 2.75) is 39.3 Å². The highest BCUT2D eigenvalue weighted by atomic mass is 31.1. The van der Waals surface area contributed by atoms with Gasteiger partial charge in [0.05, 0.1) is 0 Å². The van der Waals surface area contributed by atoms with Gasteiger partial charge in [-0.3, -0.25) is 0 Å². The van der Waals surface area contributed by atoms with Gasteiger partial charge in [-0.15, -0.1) is 0 Å². The lowest BCUT2D eigenvalue weighted by atomic mass is 10.4. The highest BCUT2D eigenvalue weighted by molar-refractivity contribution is 7.48. The van der Waals surface area contributed by atoms with E-state index in [0.29, 0.717) is 0 Å². The minimum absolute atomic E-state index is 0.777. The van der Waals surface area contributed by atoms with Crippen molar-refractivity contribution in [1.29, 1.82) is 0 Å². The average Bonchev–Trinajstić information content (AvgIpc) is 2.13. The third kappa shape index (κ3) is 7.24. The lowest BCUT2D eigenvalue weighted by molar-refractivity contribution is 0.398. The molecule has 5 heteroatoms. The molecule has 100 valence electrons. The lowest BCUT2D eigenvalue weighted by Crippen LogP contribution is -2.36. The van der Waals surface area contributed by atoms with Crippen molar-refractivity contribution >= 4 is 35.8 Å². The van der Waals surface area contributed by atoms with E-state index in [9.17, 15) is 0 Å². The second kappa shape index (κ2) is 6.26. The summed E-state index contributed by atoms with van der Waals surface area (Å²) in [5, 5.41) is 1.21. The molecule has 1 aromatic rings. The van der Waals surface area contributed by atoms with E-state index in [1.165, 1.54) is 5.30 Å². The Labute approximate surface area is 114 Å². The van der Waals surface area contributed by atoms with E-state index in [0.717, 1.165) is 13.9 Å². The second-order valence-corrected chi connectivity index (χ2v) is 16.1. The Hall–Kier alpha value is -0.256. The van der Waals surface area contributed by atoms with Gasteiger partial charge in [0.15, 0.2) is 22.3 Å². The largest absolute Gasteiger partial charge is 0.365 e. The number of benzene rings is 1. The molecule has 0 heterocycles. The molecule has 2 nitrogen and oxygen atoms in total. The molecule has 0 radical (unpaired) electrons. The molecule has 0 aliphatic rings. The predicted molar refractivity (Wildman–Crippen MR) is 86.9 cm³/mol. The van der Waals surface area contributed by atoms with Crippen molar-refractivity contribution in [1.82, 2.24) is 0 Å². The summed E-state index contributed by atoms with van der Waals surface area (Å²) in [7, 11) is -2.21. The van der Waals surface area contributed by atoms with Crippen molar-refractivity contribution in [3.8, 4) is 0 Å². The zero-order valence-electron chi connectivity index (χ0n) is 12.2. The molecule has 0 saturated carbocycles. The van der Waals surface area contributed by atoms with Gasteiger partial charge in [-0.1, -0.05) is 30.3 Å². The van der Waals surface area contributed by atoms with Crippen LogP contribution in [-0.4, -0.2) is 22.3 Å². The Morgan fingerprint density at radius 2 is 1.28 bits per heavy atom. The molecule has 0 amide bonds. The highest BCUT2D eigenvalue weighted by Gasteiger charge is 2.23. The molecule has 0 aromatic heterocycles. The van der Waals surface area contributed by atoms with Crippen LogP contribution in [0.5, 0.6) is 0 Å². The van der Waals surface area contributed by atoms with E-state index in [1.54, 1.807) is 0 Å². The lowest BCUT2D eigenvalue weighted by Gasteiger charge is -2.24. The highest BCUT2D eigenvalue weighted by Crippen LogP contribution is 2.15. The molecule has 0 spiro atoms. The van der Waals surface area contributed by atoms with Crippen LogP contribution in [0, 0.1) is 0 Å². The van der Waals surface area contributed by atoms with E-state index >= 15 is 0 Å². The van der Waals surface area contributed by atoms with Gasteiger partial charge in [0.2, 0.25) is 0 Å². The quantitative estimate of drug-likeness (QED) is 0.603.